The molecule has 0 spiro atoms. The van der Waals surface area contributed by atoms with Crippen LogP contribution in [0.15, 0.2) is 36.7 Å². The predicted molar refractivity (Wildman–Crippen MR) is 89.0 cm³/mol. The molecule has 0 aliphatic rings. The SMILES string of the molecule is CCOC(=O)c1cnc(N(CC)c2cccc3cc[nH]c23)s1. The number of nitrogens with one attached hydrogen (secondary N) is 1. The van der Waals surface area contributed by atoms with Gasteiger partial charge < -0.3 is 14.6 Å². The van der Waals surface area contributed by atoms with Gasteiger partial charge in [-0.1, -0.05) is 23.5 Å². The van der Waals surface area contributed by atoms with Crippen molar-refractivity contribution in [2.45, 2.75) is 13.8 Å². The minimum atomic E-state index is -0.319. The Morgan fingerprint density at radius 1 is 1.36 bits per heavy atom. The van der Waals surface area contributed by atoms with Crippen LogP contribution in [0.3, 0.4) is 0 Å². The van der Waals surface area contributed by atoms with Crippen LogP contribution in [0.5, 0.6) is 0 Å². The maximum atomic E-state index is 11.8. The van der Waals surface area contributed by atoms with E-state index >= 15 is 0 Å². The molecule has 3 rings (SSSR count). The number of hydrogen-bond donors (Lipinski definition) is 1. The van der Waals surface area contributed by atoms with Crippen LogP contribution in [0.4, 0.5) is 10.8 Å². The van der Waals surface area contributed by atoms with Crippen molar-refractivity contribution >= 4 is 39.0 Å². The van der Waals surface area contributed by atoms with E-state index in [1.54, 1.807) is 13.1 Å². The van der Waals surface area contributed by atoms with Crippen molar-refractivity contribution < 1.29 is 9.53 Å². The number of esters is 1. The van der Waals surface area contributed by atoms with Crippen molar-refractivity contribution in [1.29, 1.82) is 0 Å². The standard InChI is InChI=1S/C16H17N3O2S/c1-3-19(12-7-5-6-11-8-9-17-14(11)12)16-18-10-13(22-16)15(20)21-4-2/h5-10,17H,3-4H2,1-2H3. The summed E-state index contributed by atoms with van der Waals surface area (Å²) in [6.07, 6.45) is 3.50. The first-order valence-electron chi connectivity index (χ1n) is 7.21. The molecule has 0 unspecified atom stereocenters. The fourth-order valence-corrected chi connectivity index (χ4v) is 3.28. The van der Waals surface area contributed by atoms with Gasteiger partial charge in [0, 0.05) is 18.1 Å². The molecule has 0 saturated carbocycles. The second-order valence-electron chi connectivity index (χ2n) is 4.69. The monoisotopic (exact) mass is 315 g/mol. The van der Waals surface area contributed by atoms with Gasteiger partial charge >= 0.3 is 5.97 Å². The van der Waals surface area contributed by atoms with E-state index in [4.69, 9.17) is 4.74 Å². The van der Waals surface area contributed by atoms with Gasteiger partial charge in [0.1, 0.15) is 4.88 Å². The number of para-hydroxylation sites is 1. The Morgan fingerprint density at radius 3 is 3.00 bits per heavy atom. The number of aromatic amines is 1. The van der Waals surface area contributed by atoms with E-state index in [1.165, 1.54) is 11.3 Å². The molecule has 0 atom stereocenters. The molecule has 3 aromatic rings. The first kappa shape index (κ1) is 14.6. The van der Waals surface area contributed by atoms with E-state index in [0.717, 1.165) is 28.3 Å². The zero-order valence-corrected chi connectivity index (χ0v) is 13.3. The van der Waals surface area contributed by atoms with Gasteiger partial charge in [-0.15, -0.1) is 0 Å². The number of hydrogen-bond acceptors (Lipinski definition) is 5. The maximum absolute atomic E-state index is 11.8. The summed E-state index contributed by atoms with van der Waals surface area (Å²) in [5.41, 5.74) is 2.12. The molecule has 22 heavy (non-hydrogen) atoms. The summed E-state index contributed by atoms with van der Waals surface area (Å²) in [4.78, 5) is 22.1. The zero-order chi connectivity index (χ0) is 15.5. The van der Waals surface area contributed by atoms with Crippen molar-refractivity contribution in [3.05, 3.63) is 41.5 Å². The van der Waals surface area contributed by atoms with E-state index in [9.17, 15) is 4.79 Å². The van der Waals surface area contributed by atoms with Crippen molar-refractivity contribution in [1.82, 2.24) is 9.97 Å². The summed E-state index contributed by atoms with van der Waals surface area (Å²) in [5, 5.41) is 1.94. The Hall–Kier alpha value is -2.34. The van der Waals surface area contributed by atoms with Gasteiger partial charge in [0.2, 0.25) is 0 Å². The number of benzene rings is 1. The lowest BCUT2D eigenvalue weighted by Gasteiger charge is -2.20. The molecule has 0 fully saturated rings. The second-order valence-corrected chi connectivity index (χ2v) is 5.70. The lowest BCUT2D eigenvalue weighted by molar-refractivity contribution is 0.0532. The number of rotatable bonds is 5. The topological polar surface area (TPSA) is 58.2 Å². The highest BCUT2D eigenvalue weighted by molar-refractivity contribution is 7.17. The number of carbonyl (C=O) groups is 1. The summed E-state index contributed by atoms with van der Waals surface area (Å²) in [6, 6.07) is 8.18. The summed E-state index contributed by atoms with van der Waals surface area (Å²) in [6.45, 7) is 4.98. The van der Waals surface area contributed by atoms with Gasteiger partial charge in [0.25, 0.3) is 0 Å². The van der Waals surface area contributed by atoms with Gasteiger partial charge in [-0.3, -0.25) is 0 Å². The molecule has 1 N–H and O–H groups in total. The minimum Gasteiger partial charge on any atom is -0.462 e. The lowest BCUT2D eigenvalue weighted by Crippen LogP contribution is -2.16. The number of ether oxygens (including phenoxy) is 1. The van der Waals surface area contributed by atoms with Crippen LogP contribution in [0.1, 0.15) is 23.5 Å². The molecule has 0 bridgehead atoms. The van der Waals surface area contributed by atoms with Crippen molar-refractivity contribution in [3.8, 4) is 0 Å². The fourth-order valence-electron chi connectivity index (χ4n) is 2.39. The molecular formula is C16H17N3O2S. The third kappa shape index (κ3) is 2.57. The normalized spacial score (nSPS) is 10.8. The van der Waals surface area contributed by atoms with Crippen LogP contribution in [0, 0.1) is 0 Å². The average molecular weight is 315 g/mol. The summed E-state index contributed by atoms with van der Waals surface area (Å²) >= 11 is 1.35. The molecule has 6 heteroatoms. The van der Waals surface area contributed by atoms with Gasteiger partial charge in [0.05, 0.1) is 24.0 Å². The van der Waals surface area contributed by atoms with E-state index < -0.39 is 0 Å². The van der Waals surface area contributed by atoms with Crippen molar-refractivity contribution in [2.24, 2.45) is 0 Å². The van der Waals surface area contributed by atoms with E-state index in [2.05, 4.69) is 27.9 Å². The van der Waals surface area contributed by atoms with Crippen LogP contribution in [0.2, 0.25) is 0 Å². The largest absolute Gasteiger partial charge is 0.462 e. The predicted octanol–water partition coefficient (Wildman–Crippen LogP) is 3.96. The summed E-state index contributed by atoms with van der Waals surface area (Å²) in [7, 11) is 0. The molecule has 0 aliphatic carbocycles. The molecule has 2 heterocycles. The first-order valence-corrected chi connectivity index (χ1v) is 8.02. The van der Waals surface area contributed by atoms with Gasteiger partial charge in [0.15, 0.2) is 5.13 Å². The second kappa shape index (κ2) is 6.19. The van der Waals surface area contributed by atoms with E-state index in [0.29, 0.717) is 11.5 Å². The molecule has 2 aromatic heterocycles. The molecule has 0 saturated heterocycles. The highest BCUT2D eigenvalue weighted by Crippen LogP contribution is 2.33. The number of aromatic nitrogens is 2. The number of H-pyrrole nitrogens is 1. The van der Waals surface area contributed by atoms with Crippen molar-refractivity contribution in [3.63, 3.8) is 0 Å². The first-order chi connectivity index (χ1) is 10.7. The third-order valence-electron chi connectivity index (χ3n) is 3.37. The maximum Gasteiger partial charge on any atom is 0.350 e. The smallest absolute Gasteiger partial charge is 0.350 e. The van der Waals surface area contributed by atoms with Crippen LogP contribution in [0.25, 0.3) is 10.9 Å². The van der Waals surface area contributed by atoms with Crippen LogP contribution in [-0.4, -0.2) is 29.1 Å². The Balaban J connectivity index is 1.98. The minimum absolute atomic E-state index is 0.319. The van der Waals surface area contributed by atoms with Crippen molar-refractivity contribution in [2.75, 3.05) is 18.1 Å². The summed E-state index contributed by atoms with van der Waals surface area (Å²) in [5.74, 6) is -0.319. The summed E-state index contributed by atoms with van der Waals surface area (Å²) < 4.78 is 5.02. The Labute approximate surface area is 132 Å². The fraction of sp³-hybridized carbons (Fsp3) is 0.250. The Kier molecular flexibility index (Phi) is 4.11. The van der Waals surface area contributed by atoms with E-state index in [1.807, 2.05) is 24.4 Å². The van der Waals surface area contributed by atoms with Crippen LogP contribution in [-0.2, 0) is 4.74 Å². The number of nitrogens with zero attached hydrogens (tertiary/aromatic N) is 2. The molecule has 0 radical (unpaired) electrons. The molecular weight excluding hydrogens is 298 g/mol. The molecule has 0 aliphatic heterocycles. The highest BCUT2D eigenvalue weighted by Gasteiger charge is 2.18. The lowest BCUT2D eigenvalue weighted by atomic mass is 10.2. The van der Waals surface area contributed by atoms with Crippen LogP contribution >= 0.6 is 11.3 Å². The zero-order valence-electron chi connectivity index (χ0n) is 12.5. The number of thiazole rings is 1. The van der Waals surface area contributed by atoms with Crippen LogP contribution < -0.4 is 4.90 Å². The highest BCUT2D eigenvalue weighted by atomic mass is 32.1. The van der Waals surface area contributed by atoms with Gasteiger partial charge in [-0.2, -0.15) is 0 Å². The van der Waals surface area contributed by atoms with E-state index in [-0.39, 0.29) is 5.97 Å². The number of carbonyl (C=O) groups excluding carboxylic acids is 1. The Bertz CT molecular complexity index is 793. The quantitative estimate of drug-likeness (QED) is 0.724. The Morgan fingerprint density at radius 2 is 2.23 bits per heavy atom. The molecule has 1 aromatic carbocycles. The van der Waals surface area contributed by atoms with Gasteiger partial charge in [-0.05, 0) is 26.0 Å². The molecule has 114 valence electrons. The third-order valence-corrected chi connectivity index (χ3v) is 4.37. The molecule has 5 nitrogen and oxygen atoms in total. The average Bonchev–Trinajstić information content (AvgIpc) is 3.17. The molecule has 0 amide bonds. The number of fused-ring (bicyclic) bond motifs is 1. The number of anilines is 2. The van der Waals surface area contributed by atoms with Gasteiger partial charge in [-0.25, -0.2) is 9.78 Å².